The molecule has 1 aromatic rings. The van der Waals surface area contributed by atoms with Crippen molar-refractivity contribution in [3.63, 3.8) is 0 Å². The Morgan fingerprint density at radius 2 is 2.25 bits per heavy atom. The third-order valence-corrected chi connectivity index (χ3v) is 8.13. The first-order valence-electron chi connectivity index (χ1n) is 6.35. The van der Waals surface area contributed by atoms with Crippen LogP contribution in [0.1, 0.15) is 30.2 Å². The van der Waals surface area contributed by atoms with Crippen LogP contribution in [-0.2, 0) is 10.0 Å². The molecule has 1 aliphatic heterocycles. The Hall–Kier alpha value is 0.530. The first-order chi connectivity index (χ1) is 9.27. The minimum atomic E-state index is -3.12. The summed E-state index contributed by atoms with van der Waals surface area (Å²) < 4.78 is 26.6. The van der Waals surface area contributed by atoms with Gasteiger partial charge in [-0.3, -0.25) is 0 Å². The molecular weight excluding hydrogens is 430 g/mol. The molecule has 20 heavy (non-hydrogen) atoms. The second-order valence-corrected chi connectivity index (χ2v) is 10.4. The van der Waals surface area contributed by atoms with Crippen molar-refractivity contribution in [3.8, 4) is 0 Å². The molecule has 0 aliphatic carbocycles. The first-order valence-corrected chi connectivity index (χ1v) is 10.6. The van der Waals surface area contributed by atoms with Gasteiger partial charge in [0.2, 0.25) is 10.0 Å². The fraction of sp³-hybridized carbons (Fsp3) is 0.667. The van der Waals surface area contributed by atoms with E-state index in [4.69, 9.17) is 0 Å². The summed E-state index contributed by atoms with van der Waals surface area (Å²) in [6.45, 7) is 1.12. The zero-order valence-electron chi connectivity index (χ0n) is 11.1. The van der Waals surface area contributed by atoms with E-state index < -0.39 is 16.1 Å². The van der Waals surface area contributed by atoms with E-state index >= 15 is 0 Å². The smallest absolute Gasteiger partial charge is 0.211 e. The summed E-state index contributed by atoms with van der Waals surface area (Å²) in [5.41, 5.74) is 0. The Morgan fingerprint density at radius 3 is 2.80 bits per heavy atom. The predicted molar refractivity (Wildman–Crippen MR) is 88.4 cm³/mol. The minimum Gasteiger partial charge on any atom is -0.388 e. The molecule has 1 aliphatic rings. The zero-order valence-corrected chi connectivity index (χ0v) is 15.9. The molecule has 2 unspecified atom stereocenters. The lowest BCUT2D eigenvalue weighted by molar-refractivity contribution is 0.125. The Bertz CT molecular complexity index is 554. The van der Waals surface area contributed by atoms with Gasteiger partial charge in [-0.25, -0.2) is 12.7 Å². The molecule has 0 bridgehead atoms. The van der Waals surface area contributed by atoms with E-state index in [1.165, 1.54) is 21.9 Å². The van der Waals surface area contributed by atoms with Crippen molar-refractivity contribution in [1.82, 2.24) is 4.31 Å². The lowest BCUT2D eigenvalue weighted by Crippen LogP contribution is -2.39. The van der Waals surface area contributed by atoms with Gasteiger partial charge in [-0.2, -0.15) is 0 Å². The summed E-state index contributed by atoms with van der Waals surface area (Å²) in [7, 11) is -3.12. The normalized spacial score (nSPS) is 22.9. The molecule has 114 valence electrons. The van der Waals surface area contributed by atoms with Crippen LogP contribution < -0.4 is 0 Å². The number of hydrogen-bond acceptors (Lipinski definition) is 4. The molecule has 2 rings (SSSR count). The van der Waals surface area contributed by atoms with Gasteiger partial charge in [0.05, 0.1) is 16.1 Å². The van der Waals surface area contributed by atoms with Gasteiger partial charge in [0.1, 0.15) is 0 Å². The van der Waals surface area contributed by atoms with Gasteiger partial charge in [-0.05, 0) is 63.1 Å². The van der Waals surface area contributed by atoms with Gasteiger partial charge < -0.3 is 5.11 Å². The quantitative estimate of drug-likeness (QED) is 0.771. The summed E-state index contributed by atoms with van der Waals surface area (Å²) >= 11 is 8.33. The highest BCUT2D eigenvalue weighted by atomic mass is 79.9. The summed E-state index contributed by atoms with van der Waals surface area (Å²) in [6, 6.07) is 1.91. The second kappa shape index (κ2) is 6.75. The van der Waals surface area contributed by atoms with Crippen LogP contribution in [0, 0.1) is 5.92 Å². The summed E-state index contributed by atoms with van der Waals surface area (Å²) in [6.07, 6.45) is 3.15. The van der Waals surface area contributed by atoms with E-state index in [1.54, 1.807) is 0 Å². The summed E-state index contributed by atoms with van der Waals surface area (Å²) in [5.74, 6) is 0.216. The largest absolute Gasteiger partial charge is 0.388 e. The predicted octanol–water partition coefficient (Wildman–Crippen LogP) is 3.37. The number of thiophene rings is 1. The van der Waals surface area contributed by atoms with Crippen LogP contribution >= 0.6 is 43.2 Å². The SMILES string of the molecule is CS(=O)(=O)N1CCCC(CC(O)c2cc(Br)c(Br)s2)C1. The van der Waals surface area contributed by atoms with Crippen LogP contribution in [0.2, 0.25) is 0 Å². The highest BCUT2D eigenvalue weighted by Crippen LogP contribution is 2.38. The van der Waals surface area contributed by atoms with Crippen LogP contribution in [0.25, 0.3) is 0 Å². The zero-order chi connectivity index (χ0) is 14.9. The minimum absolute atomic E-state index is 0.216. The average Bonchev–Trinajstić information content (AvgIpc) is 2.69. The maximum Gasteiger partial charge on any atom is 0.211 e. The fourth-order valence-corrected chi connectivity index (χ4v) is 5.51. The molecule has 1 N–H and O–H groups in total. The van der Waals surface area contributed by atoms with Crippen LogP contribution in [0.5, 0.6) is 0 Å². The van der Waals surface area contributed by atoms with Crippen molar-refractivity contribution < 1.29 is 13.5 Å². The summed E-state index contributed by atoms with van der Waals surface area (Å²) in [4.78, 5) is 0.903. The highest BCUT2D eigenvalue weighted by Gasteiger charge is 2.28. The van der Waals surface area contributed by atoms with Crippen molar-refractivity contribution in [2.24, 2.45) is 5.92 Å². The molecule has 1 aromatic heterocycles. The molecule has 1 saturated heterocycles. The number of aliphatic hydroxyl groups excluding tert-OH is 1. The van der Waals surface area contributed by atoms with E-state index in [1.807, 2.05) is 6.07 Å². The maximum absolute atomic E-state index is 11.6. The standard InChI is InChI=1S/C12H17Br2NO3S2/c1-20(17,18)15-4-2-3-8(7-15)5-10(16)11-6-9(13)12(14)19-11/h6,8,10,16H,2-5,7H2,1H3. The van der Waals surface area contributed by atoms with Crippen LogP contribution in [0.15, 0.2) is 14.3 Å². The third-order valence-electron chi connectivity index (χ3n) is 3.50. The number of aliphatic hydroxyl groups is 1. The Kier molecular flexibility index (Phi) is 5.70. The number of sulfonamides is 1. The van der Waals surface area contributed by atoms with E-state index in [2.05, 4.69) is 31.9 Å². The number of halogens is 2. The number of rotatable bonds is 4. The fourth-order valence-electron chi connectivity index (χ4n) is 2.48. The molecule has 8 heteroatoms. The van der Waals surface area contributed by atoms with Crippen LogP contribution in [0.4, 0.5) is 0 Å². The van der Waals surface area contributed by atoms with Gasteiger partial charge in [-0.15, -0.1) is 11.3 Å². The Morgan fingerprint density at radius 1 is 1.55 bits per heavy atom. The molecule has 2 atom stereocenters. The second-order valence-electron chi connectivity index (χ2n) is 5.15. The van der Waals surface area contributed by atoms with Gasteiger partial charge in [0.25, 0.3) is 0 Å². The lowest BCUT2D eigenvalue weighted by atomic mass is 9.93. The van der Waals surface area contributed by atoms with Gasteiger partial charge in [-0.1, -0.05) is 0 Å². The molecular formula is C12H17Br2NO3S2. The molecule has 0 amide bonds. The highest BCUT2D eigenvalue weighted by molar-refractivity contribution is 9.13. The Labute approximate surface area is 140 Å². The van der Waals surface area contributed by atoms with E-state index in [0.29, 0.717) is 19.5 Å². The van der Waals surface area contributed by atoms with Crippen molar-refractivity contribution in [1.29, 1.82) is 0 Å². The van der Waals surface area contributed by atoms with Gasteiger partial charge in [0, 0.05) is 22.4 Å². The number of nitrogens with zero attached hydrogens (tertiary/aromatic N) is 1. The number of hydrogen-bond donors (Lipinski definition) is 1. The molecule has 0 aromatic carbocycles. The van der Waals surface area contributed by atoms with Crippen molar-refractivity contribution >= 4 is 53.2 Å². The maximum atomic E-state index is 11.6. The van der Waals surface area contributed by atoms with Gasteiger partial charge >= 0.3 is 0 Å². The lowest BCUT2D eigenvalue weighted by Gasteiger charge is -2.31. The van der Waals surface area contributed by atoms with E-state index in [-0.39, 0.29) is 5.92 Å². The molecule has 0 spiro atoms. The van der Waals surface area contributed by atoms with Crippen LogP contribution in [-0.4, -0.2) is 37.2 Å². The molecule has 0 radical (unpaired) electrons. The topological polar surface area (TPSA) is 57.6 Å². The average molecular weight is 447 g/mol. The van der Waals surface area contributed by atoms with Crippen molar-refractivity contribution in [2.45, 2.75) is 25.4 Å². The third kappa shape index (κ3) is 4.27. The number of piperidine rings is 1. The van der Waals surface area contributed by atoms with Crippen molar-refractivity contribution in [3.05, 3.63) is 19.2 Å². The van der Waals surface area contributed by atoms with Crippen molar-refractivity contribution in [2.75, 3.05) is 19.3 Å². The molecule has 1 fully saturated rings. The monoisotopic (exact) mass is 445 g/mol. The molecule has 2 heterocycles. The van der Waals surface area contributed by atoms with E-state index in [9.17, 15) is 13.5 Å². The first kappa shape index (κ1) is 16.9. The molecule has 4 nitrogen and oxygen atoms in total. The molecule has 0 saturated carbocycles. The van der Waals surface area contributed by atoms with Crippen LogP contribution in [0.3, 0.4) is 0 Å². The summed E-state index contributed by atoms with van der Waals surface area (Å²) in [5, 5.41) is 10.3. The van der Waals surface area contributed by atoms with Gasteiger partial charge in [0.15, 0.2) is 0 Å². The van der Waals surface area contributed by atoms with E-state index in [0.717, 1.165) is 26.0 Å². The Balaban J connectivity index is 1.99.